The zero-order chi connectivity index (χ0) is 21.9. The lowest BCUT2D eigenvalue weighted by atomic mass is 10.00. The molecule has 0 unspecified atom stereocenters. The van der Waals surface area contributed by atoms with Gasteiger partial charge >= 0.3 is 0 Å². The van der Waals surface area contributed by atoms with Crippen LogP contribution in [-0.4, -0.2) is 48.0 Å². The van der Waals surface area contributed by atoms with E-state index in [1.165, 1.54) is 28.6 Å². The molecule has 0 N–H and O–H groups in total. The van der Waals surface area contributed by atoms with Crippen molar-refractivity contribution in [3.8, 4) is 0 Å². The zero-order valence-corrected chi connectivity index (χ0v) is 19.1. The van der Waals surface area contributed by atoms with E-state index >= 15 is 0 Å². The summed E-state index contributed by atoms with van der Waals surface area (Å²) < 4.78 is 40.6. The minimum Gasteiger partial charge on any atom is -0.252 e. The maximum Gasteiger partial charge on any atom is 0.243 e. The molecule has 2 heterocycles. The van der Waals surface area contributed by atoms with E-state index in [4.69, 9.17) is 9.98 Å². The van der Waals surface area contributed by atoms with Crippen LogP contribution in [-0.2, 0) is 10.0 Å². The normalized spacial score (nSPS) is 18.8. The van der Waals surface area contributed by atoms with Crippen LogP contribution in [0.5, 0.6) is 0 Å². The topological polar surface area (TPSA) is 62.1 Å². The van der Waals surface area contributed by atoms with Crippen molar-refractivity contribution in [2.45, 2.75) is 43.2 Å². The third-order valence-electron chi connectivity index (χ3n) is 5.59. The molecule has 1 saturated heterocycles. The van der Waals surface area contributed by atoms with Crippen molar-refractivity contribution in [3.63, 3.8) is 0 Å². The maximum absolute atomic E-state index is 13.2. The zero-order valence-electron chi connectivity index (χ0n) is 17.5. The number of halogens is 1. The van der Waals surface area contributed by atoms with Gasteiger partial charge in [0.05, 0.1) is 10.6 Å². The first kappa shape index (κ1) is 22.2. The molecule has 8 heteroatoms. The molecule has 2 aromatic carbocycles. The lowest BCUT2D eigenvalue weighted by Gasteiger charge is -2.34. The van der Waals surface area contributed by atoms with E-state index in [1.807, 2.05) is 30.3 Å². The second-order valence-corrected chi connectivity index (χ2v) is 10.8. The Balaban J connectivity index is 1.54. The van der Waals surface area contributed by atoms with Gasteiger partial charge in [0.25, 0.3) is 0 Å². The van der Waals surface area contributed by atoms with Crippen molar-refractivity contribution in [1.82, 2.24) is 4.31 Å². The van der Waals surface area contributed by atoms with Crippen molar-refractivity contribution in [2.75, 3.05) is 18.8 Å². The Kier molecular flexibility index (Phi) is 6.60. The van der Waals surface area contributed by atoms with Crippen molar-refractivity contribution >= 4 is 32.5 Å². The first-order valence-corrected chi connectivity index (χ1v) is 13.0. The predicted molar refractivity (Wildman–Crippen MR) is 125 cm³/mol. The van der Waals surface area contributed by atoms with E-state index < -0.39 is 21.5 Å². The molecule has 2 aliphatic rings. The first-order valence-electron chi connectivity index (χ1n) is 10.6. The summed E-state index contributed by atoms with van der Waals surface area (Å²) >= 11 is 1.74. The highest BCUT2D eigenvalue weighted by atomic mass is 32.2. The van der Waals surface area contributed by atoms with Crippen LogP contribution < -0.4 is 0 Å². The third kappa shape index (κ3) is 4.76. The molecule has 2 aliphatic heterocycles. The Hall–Kier alpha value is -2.03. The number of benzene rings is 2. The largest absolute Gasteiger partial charge is 0.252 e. The molecule has 164 valence electrons. The second-order valence-electron chi connectivity index (χ2n) is 7.79. The molecule has 0 aliphatic carbocycles. The molecule has 0 aromatic heterocycles. The van der Waals surface area contributed by atoms with E-state index in [2.05, 4.69) is 6.92 Å². The summed E-state index contributed by atoms with van der Waals surface area (Å²) in [6.07, 6.45) is 3.30. The Labute approximate surface area is 187 Å². The minimum absolute atomic E-state index is 0.115. The molecule has 0 amide bonds. The molecule has 31 heavy (non-hydrogen) atoms. The van der Waals surface area contributed by atoms with Crippen molar-refractivity contribution in [1.29, 1.82) is 0 Å². The van der Waals surface area contributed by atoms with Gasteiger partial charge in [-0.25, -0.2) is 17.8 Å². The quantitative estimate of drug-likeness (QED) is 0.586. The predicted octanol–water partition coefficient (Wildman–Crippen LogP) is 4.74. The number of aliphatic imine (C=N–C) groups is 2. The molecule has 5 nitrogen and oxygen atoms in total. The second kappa shape index (κ2) is 9.22. The van der Waals surface area contributed by atoms with Gasteiger partial charge in [-0.15, -0.1) is 11.8 Å². The van der Waals surface area contributed by atoms with Gasteiger partial charge in [-0.2, -0.15) is 4.31 Å². The van der Waals surface area contributed by atoms with E-state index in [1.54, 1.807) is 11.8 Å². The highest BCUT2D eigenvalue weighted by molar-refractivity contribution is 8.15. The summed E-state index contributed by atoms with van der Waals surface area (Å²) in [5, 5.41) is 0.953. The SMILES string of the molecule is CCCCSC1=NC2(CCN(S(=O)(=O)c3ccc(F)cc3)CC2)N=C1c1ccccc1. The lowest BCUT2D eigenvalue weighted by molar-refractivity contribution is 0.249. The fraction of sp³-hybridized carbons (Fsp3) is 0.391. The lowest BCUT2D eigenvalue weighted by Crippen LogP contribution is -2.44. The molecule has 2 aromatic rings. The molecule has 4 rings (SSSR count). The number of unbranched alkanes of at least 4 members (excludes halogenated alkanes) is 1. The molecule has 0 bridgehead atoms. The van der Waals surface area contributed by atoms with Gasteiger partial charge in [0.2, 0.25) is 10.0 Å². The number of thioether (sulfide) groups is 1. The summed E-state index contributed by atoms with van der Waals surface area (Å²) in [4.78, 5) is 10.2. The van der Waals surface area contributed by atoms with Crippen LogP contribution in [0.4, 0.5) is 4.39 Å². The van der Waals surface area contributed by atoms with Crippen LogP contribution in [0.3, 0.4) is 0 Å². The van der Waals surface area contributed by atoms with Gasteiger partial charge in [0.15, 0.2) is 5.66 Å². The molecule has 1 spiro atoms. The third-order valence-corrected chi connectivity index (χ3v) is 8.55. The van der Waals surface area contributed by atoms with Crippen molar-refractivity contribution < 1.29 is 12.8 Å². The number of nitrogens with zero attached hydrogens (tertiary/aromatic N) is 3. The molecule has 1 fully saturated rings. The molecule has 0 atom stereocenters. The van der Waals surface area contributed by atoms with Crippen LogP contribution in [0.25, 0.3) is 0 Å². The van der Waals surface area contributed by atoms with Gasteiger partial charge in [-0.1, -0.05) is 43.7 Å². The molecule has 0 saturated carbocycles. The number of hydrogen-bond acceptors (Lipinski definition) is 5. The summed E-state index contributed by atoms with van der Waals surface area (Å²) in [6.45, 7) is 2.84. The molecular weight excluding hydrogens is 433 g/mol. The Morgan fingerprint density at radius 2 is 1.71 bits per heavy atom. The Morgan fingerprint density at radius 1 is 1.03 bits per heavy atom. The van der Waals surface area contributed by atoms with Crippen LogP contribution >= 0.6 is 11.8 Å². The van der Waals surface area contributed by atoms with Gasteiger partial charge in [0, 0.05) is 31.5 Å². The van der Waals surface area contributed by atoms with Crippen LogP contribution in [0, 0.1) is 5.82 Å². The smallest absolute Gasteiger partial charge is 0.243 e. The van der Waals surface area contributed by atoms with Gasteiger partial charge in [0.1, 0.15) is 10.9 Å². The van der Waals surface area contributed by atoms with Crippen LogP contribution in [0.1, 0.15) is 38.2 Å². The number of rotatable bonds is 6. The monoisotopic (exact) mass is 459 g/mol. The molecule has 0 radical (unpaired) electrons. The maximum atomic E-state index is 13.2. The Morgan fingerprint density at radius 3 is 2.35 bits per heavy atom. The van der Waals surface area contributed by atoms with E-state index in [-0.39, 0.29) is 4.90 Å². The minimum atomic E-state index is -3.66. The Bertz CT molecular complexity index is 1080. The number of piperidine rings is 1. The summed E-state index contributed by atoms with van der Waals surface area (Å²) in [7, 11) is -3.66. The summed E-state index contributed by atoms with van der Waals surface area (Å²) in [5.41, 5.74) is 1.36. The average molecular weight is 460 g/mol. The van der Waals surface area contributed by atoms with E-state index in [0.29, 0.717) is 25.9 Å². The van der Waals surface area contributed by atoms with Crippen molar-refractivity contribution in [3.05, 3.63) is 66.0 Å². The number of hydrogen-bond donors (Lipinski definition) is 0. The first-order chi connectivity index (χ1) is 14.9. The van der Waals surface area contributed by atoms with Gasteiger partial charge in [-0.05, 0) is 36.4 Å². The summed E-state index contributed by atoms with van der Waals surface area (Å²) in [6, 6.07) is 15.0. The van der Waals surface area contributed by atoms with Crippen LogP contribution in [0.2, 0.25) is 0 Å². The van der Waals surface area contributed by atoms with Gasteiger partial charge < -0.3 is 0 Å². The van der Waals surface area contributed by atoms with Crippen molar-refractivity contribution in [2.24, 2.45) is 9.98 Å². The van der Waals surface area contributed by atoms with E-state index in [0.717, 1.165) is 34.9 Å². The average Bonchev–Trinajstić information content (AvgIpc) is 3.13. The molecular formula is C23H26FN3O2S2. The highest BCUT2D eigenvalue weighted by Crippen LogP contribution is 2.37. The highest BCUT2D eigenvalue weighted by Gasteiger charge is 2.42. The number of sulfonamides is 1. The summed E-state index contributed by atoms with van der Waals surface area (Å²) in [5.74, 6) is 0.537. The fourth-order valence-electron chi connectivity index (χ4n) is 3.78. The van der Waals surface area contributed by atoms with Gasteiger partial charge in [-0.3, -0.25) is 4.99 Å². The standard InChI is InChI=1S/C23H26FN3O2S2/c1-2-3-17-30-22-21(18-7-5-4-6-8-18)25-23(26-22)13-15-27(16-14-23)31(28,29)20-11-9-19(24)10-12-20/h4-12H,2-3,13-17H2,1H3. The fourth-order valence-corrected chi connectivity index (χ4v) is 6.39. The van der Waals surface area contributed by atoms with E-state index in [9.17, 15) is 12.8 Å². The van der Waals surface area contributed by atoms with Crippen LogP contribution in [0.15, 0.2) is 69.5 Å².